The Bertz CT molecular complexity index is 479. The number of piperidine rings is 1. The number of nitrogens with one attached hydrogen (secondary N) is 1. The van der Waals surface area contributed by atoms with E-state index in [1.165, 1.54) is 24.8 Å². The van der Waals surface area contributed by atoms with E-state index in [2.05, 4.69) is 34.5 Å². The molecular weight excluding hydrogens is 260 g/mol. The molecule has 2 aliphatic rings. The average Bonchev–Trinajstić information content (AvgIpc) is 3.06. The summed E-state index contributed by atoms with van der Waals surface area (Å²) in [5, 5.41) is 3.34. The fraction of sp³-hybridized carbons (Fsp3) is 0.611. The number of rotatable bonds is 3. The molecule has 3 heteroatoms. The number of amides is 1. The van der Waals surface area contributed by atoms with Gasteiger partial charge in [0.1, 0.15) is 0 Å². The van der Waals surface area contributed by atoms with Crippen molar-refractivity contribution in [1.82, 2.24) is 10.2 Å². The molecule has 1 saturated carbocycles. The smallest absolute Gasteiger partial charge is 0.233 e. The molecule has 1 aliphatic carbocycles. The lowest BCUT2D eigenvalue weighted by molar-refractivity contribution is -0.138. The average molecular weight is 286 g/mol. The zero-order valence-electron chi connectivity index (χ0n) is 13.0. The molecular formula is C18H26N2O. The van der Waals surface area contributed by atoms with Gasteiger partial charge in [-0.05, 0) is 38.3 Å². The molecule has 0 bridgehead atoms. The Morgan fingerprint density at radius 2 is 1.90 bits per heavy atom. The van der Waals surface area contributed by atoms with Crippen molar-refractivity contribution in [2.24, 2.45) is 0 Å². The SMILES string of the molecule is CNC1CCCN(C(=O)C2(c3ccccc3)CCCC2)C1. The summed E-state index contributed by atoms with van der Waals surface area (Å²) in [4.78, 5) is 15.4. The van der Waals surface area contributed by atoms with Crippen LogP contribution in [-0.2, 0) is 10.2 Å². The van der Waals surface area contributed by atoms with Crippen LogP contribution in [0.15, 0.2) is 30.3 Å². The fourth-order valence-corrected chi connectivity index (χ4v) is 4.06. The molecule has 0 spiro atoms. The van der Waals surface area contributed by atoms with Crippen molar-refractivity contribution in [2.45, 2.75) is 50.0 Å². The summed E-state index contributed by atoms with van der Waals surface area (Å²) in [5.74, 6) is 0.367. The standard InChI is InChI=1S/C18H26N2O/c1-19-16-10-7-13-20(14-16)17(21)18(11-5-6-12-18)15-8-3-2-4-9-15/h2-4,8-9,16,19H,5-7,10-14H2,1H3. The lowest BCUT2D eigenvalue weighted by atomic mass is 9.77. The zero-order chi connectivity index (χ0) is 14.7. The first-order valence-corrected chi connectivity index (χ1v) is 8.28. The number of likely N-dealkylation sites (N-methyl/N-ethyl adjacent to an activating group) is 1. The predicted octanol–water partition coefficient (Wildman–Crippen LogP) is 2.71. The van der Waals surface area contributed by atoms with E-state index in [1.807, 2.05) is 13.1 Å². The minimum atomic E-state index is -0.253. The van der Waals surface area contributed by atoms with Gasteiger partial charge >= 0.3 is 0 Å². The predicted molar refractivity (Wildman–Crippen MR) is 85.2 cm³/mol. The lowest BCUT2D eigenvalue weighted by Gasteiger charge is -2.39. The first-order valence-electron chi connectivity index (χ1n) is 8.28. The number of nitrogens with zero attached hydrogens (tertiary/aromatic N) is 1. The summed E-state index contributed by atoms with van der Waals surface area (Å²) in [5.41, 5.74) is 0.968. The van der Waals surface area contributed by atoms with E-state index < -0.39 is 0 Å². The van der Waals surface area contributed by atoms with Crippen LogP contribution < -0.4 is 5.32 Å². The molecule has 0 aromatic heterocycles. The van der Waals surface area contributed by atoms with Gasteiger partial charge in [0.05, 0.1) is 5.41 Å². The molecule has 2 fully saturated rings. The zero-order valence-corrected chi connectivity index (χ0v) is 13.0. The Morgan fingerprint density at radius 3 is 2.57 bits per heavy atom. The van der Waals surface area contributed by atoms with Crippen molar-refractivity contribution in [1.29, 1.82) is 0 Å². The summed E-state index contributed by atoms with van der Waals surface area (Å²) in [6, 6.07) is 10.9. The van der Waals surface area contributed by atoms with Crippen LogP contribution in [0.5, 0.6) is 0 Å². The van der Waals surface area contributed by atoms with Gasteiger partial charge in [-0.3, -0.25) is 4.79 Å². The van der Waals surface area contributed by atoms with Crippen LogP contribution >= 0.6 is 0 Å². The molecule has 1 N–H and O–H groups in total. The van der Waals surface area contributed by atoms with Crippen molar-refractivity contribution in [3.05, 3.63) is 35.9 Å². The lowest BCUT2D eigenvalue weighted by Crippen LogP contribution is -2.52. The molecule has 1 aromatic rings. The molecule has 114 valence electrons. The minimum Gasteiger partial charge on any atom is -0.340 e. The highest BCUT2D eigenvalue weighted by Crippen LogP contribution is 2.42. The monoisotopic (exact) mass is 286 g/mol. The van der Waals surface area contributed by atoms with Crippen molar-refractivity contribution in [3.63, 3.8) is 0 Å². The van der Waals surface area contributed by atoms with Gasteiger partial charge in [0.2, 0.25) is 5.91 Å². The van der Waals surface area contributed by atoms with Gasteiger partial charge in [-0.25, -0.2) is 0 Å². The molecule has 1 atom stereocenters. The van der Waals surface area contributed by atoms with E-state index in [4.69, 9.17) is 0 Å². The van der Waals surface area contributed by atoms with Crippen LogP contribution in [0.3, 0.4) is 0 Å². The first kappa shape index (κ1) is 14.6. The Hall–Kier alpha value is -1.35. The molecule has 1 saturated heterocycles. The second kappa shape index (κ2) is 6.18. The van der Waals surface area contributed by atoms with Gasteiger partial charge in [-0.15, -0.1) is 0 Å². The van der Waals surface area contributed by atoms with Gasteiger partial charge in [-0.1, -0.05) is 43.2 Å². The molecule has 21 heavy (non-hydrogen) atoms. The van der Waals surface area contributed by atoms with Crippen LogP contribution in [0, 0.1) is 0 Å². The van der Waals surface area contributed by atoms with E-state index in [0.29, 0.717) is 11.9 Å². The number of carbonyl (C=O) groups excluding carboxylic acids is 1. The maximum Gasteiger partial charge on any atom is 0.233 e. The quantitative estimate of drug-likeness (QED) is 0.926. The highest BCUT2D eigenvalue weighted by atomic mass is 16.2. The molecule has 1 unspecified atom stereocenters. The molecule has 1 heterocycles. The van der Waals surface area contributed by atoms with Crippen molar-refractivity contribution in [3.8, 4) is 0 Å². The molecule has 3 nitrogen and oxygen atoms in total. The Kier molecular flexibility index (Phi) is 4.29. The normalized spacial score (nSPS) is 25.0. The fourth-order valence-electron chi connectivity index (χ4n) is 4.06. The van der Waals surface area contributed by atoms with Crippen LogP contribution in [0.1, 0.15) is 44.1 Å². The minimum absolute atomic E-state index is 0.253. The molecule has 1 aliphatic heterocycles. The topological polar surface area (TPSA) is 32.3 Å². The number of hydrogen-bond acceptors (Lipinski definition) is 2. The second-order valence-electron chi connectivity index (χ2n) is 6.53. The van der Waals surface area contributed by atoms with Crippen molar-refractivity contribution < 1.29 is 4.79 Å². The molecule has 3 rings (SSSR count). The van der Waals surface area contributed by atoms with Gasteiger partial charge in [-0.2, -0.15) is 0 Å². The van der Waals surface area contributed by atoms with Crippen molar-refractivity contribution >= 4 is 5.91 Å². The maximum atomic E-state index is 13.3. The first-order chi connectivity index (χ1) is 10.3. The third-order valence-corrected chi connectivity index (χ3v) is 5.31. The van der Waals surface area contributed by atoms with Gasteiger partial charge in [0.25, 0.3) is 0 Å². The summed E-state index contributed by atoms with van der Waals surface area (Å²) in [6.45, 7) is 1.79. The maximum absolute atomic E-state index is 13.3. The molecule has 1 aromatic carbocycles. The highest BCUT2D eigenvalue weighted by Gasteiger charge is 2.45. The van der Waals surface area contributed by atoms with E-state index >= 15 is 0 Å². The molecule has 0 radical (unpaired) electrons. The largest absolute Gasteiger partial charge is 0.340 e. The second-order valence-corrected chi connectivity index (χ2v) is 6.53. The van der Waals surface area contributed by atoms with E-state index in [-0.39, 0.29) is 5.41 Å². The summed E-state index contributed by atoms with van der Waals surface area (Å²) < 4.78 is 0. The summed E-state index contributed by atoms with van der Waals surface area (Å²) >= 11 is 0. The van der Waals surface area contributed by atoms with E-state index in [9.17, 15) is 4.79 Å². The Morgan fingerprint density at radius 1 is 1.19 bits per heavy atom. The van der Waals surface area contributed by atoms with Crippen LogP contribution in [-0.4, -0.2) is 37.0 Å². The number of likely N-dealkylation sites (tertiary alicyclic amines) is 1. The van der Waals surface area contributed by atoms with E-state index in [0.717, 1.165) is 32.4 Å². The summed E-state index contributed by atoms with van der Waals surface area (Å²) in [7, 11) is 2.00. The van der Waals surface area contributed by atoms with Crippen LogP contribution in [0.2, 0.25) is 0 Å². The van der Waals surface area contributed by atoms with E-state index in [1.54, 1.807) is 0 Å². The summed E-state index contributed by atoms with van der Waals surface area (Å²) in [6.07, 6.45) is 6.65. The van der Waals surface area contributed by atoms with Gasteiger partial charge < -0.3 is 10.2 Å². The number of hydrogen-bond donors (Lipinski definition) is 1. The van der Waals surface area contributed by atoms with Crippen LogP contribution in [0.25, 0.3) is 0 Å². The third kappa shape index (κ3) is 2.71. The highest BCUT2D eigenvalue weighted by molar-refractivity contribution is 5.88. The van der Waals surface area contributed by atoms with Crippen molar-refractivity contribution in [2.75, 3.05) is 20.1 Å². The Labute approximate surface area is 127 Å². The van der Waals surface area contributed by atoms with Crippen LogP contribution in [0.4, 0.5) is 0 Å². The van der Waals surface area contributed by atoms with Gasteiger partial charge in [0.15, 0.2) is 0 Å². The number of carbonyl (C=O) groups is 1. The Balaban J connectivity index is 1.86. The number of benzene rings is 1. The molecule has 1 amide bonds. The van der Waals surface area contributed by atoms with Gasteiger partial charge in [0, 0.05) is 19.1 Å². The third-order valence-electron chi connectivity index (χ3n) is 5.31.